The van der Waals surface area contributed by atoms with E-state index < -0.39 is 53.3 Å². The normalized spacial score (nSPS) is 16.7. The molecule has 0 heterocycles. The summed E-state index contributed by atoms with van der Waals surface area (Å²) >= 11 is 0. The highest BCUT2D eigenvalue weighted by Crippen LogP contribution is 2.28. The Labute approximate surface area is 276 Å². The van der Waals surface area contributed by atoms with Crippen LogP contribution in [0.5, 0.6) is 0 Å². The quantitative estimate of drug-likeness (QED) is 0.0837. The van der Waals surface area contributed by atoms with Gasteiger partial charge in [0.15, 0.2) is 0 Å². The van der Waals surface area contributed by atoms with Crippen molar-refractivity contribution in [2.75, 3.05) is 33.4 Å². The maximum absolute atomic E-state index is 14.1. The standard InChI is InChI=1S/C33H64N6O7/c1-10-12-13-14-15-26(46-17-16-36-29(42)23(6)20-40)24(7)31(44)39(9)33(8,18-21(3)4)32(45)38-27(22(5)11-2)30(43)37-25(19-34)28(35)41/h21-27,40H,10-20,34H2,1-9H3,(H2,35,41)(H,36,42)(H,37,43)(H,38,45)/t22-,23+,24-,25+,26-,27+,33+/m1/s1. The Morgan fingerprint density at radius 1 is 0.957 bits per heavy atom. The van der Waals surface area contributed by atoms with E-state index in [1.807, 2.05) is 27.7 Å². The summed E-state index contributed by atoms with van der Waals surface area (Å²) in [6.07, 6.45) is 5.04. The molecule has 0 unspecified atom stereocenters. The van der Waals surface area contributed by atoms with Crippen LogP contribution in [0.3, 0.4) is 0 Å². The highest BCUT2D eigenvalue weighted by Gasteiger charge is 2.44. The second-order valence-corrected chi connectivity index (χ2v) is 13.2. The average Bonchev–Trinajstić information content (AvgIpc) is 3.02. The lowest BCUT2D eigenvalue weighted by molar-refractivity contribution is -0.153. The number of hydrogen-bond donors (Lipinski definition) is 6. The molecule has 0 rings (SSSR count). The van der Waals surface area contributed by atoms with Crippen LogP contribution in [-0.2, 0) is 28.7 Å². The smallest absolute Gasteiger partial charge is 0.246 e. The van der Waals surface area contributed by atoms with Crippen molar-refractivity contribution in [3.05, 3.63) is 0 Å². The van der Waals surface area contributed by atoms with E-state index in [-0.39, 0.29) is 50.0 Å². The summed E-state index contributed by atoms with van der Waals surface area (Å²) in [6.45, 7) is 14.8. The molecule has 8 N–H and O–H groups in total. The molecule has 0 saturated carbocycles. The van der Waals surface area contributed by atoms with Crippen LogP contribution in [0.4, 0.5) is 0 Å². The summed E-state index contributed by atoms with van der Waals surface area (Å²) in [7, 11) is 1.60. The third-order valence-electron chi connectivity index (χ3n) is 8.79. The number of nitrogens with zero attached hydrogens (tertiary/aromatic N) is 1. The fraction of sp³-hybridized carbons (Fsp3) is 0.848. The number of amides is 5. The Bertz CT molecular complexity index is 965. The van der Waals surface area contributed by atoms with Gasteiger partial charge in [0.1, 0.15) is 17.6 Å². The molecule has 13 heteroatoms. The van der Waals surface area contributed by atoms with Crippen molar-refractivity contribution in [3.63, 3.8) is 0 Å². The molecule has 0 aliphatic carbocycles. The van der Waals surface area contributed by atoms with E-state index in [1.165, 1.54) is 4.90 Å². The van der Waals surface area contributed by atoms with Crippen LogP contribution in [0.15, 0.2) is 0 Å². The number of unbranched alkanes of at least 4 members (excludes halogenated alkanes) is 3. The Morgan fingerprint density at radius 2 is 1.59 bits per heavy atom. The second kappa shape index (κ2) is 21.9. The van der Waals surface area contributed by atoms with E-state index in [0.717, 1.165) is 25.7 Å². The fourth-order valence-electron chi connectivity index (χ4n) is 5.28. The first-order valence-corrected chi connectivity index (χ1v) is 16.9. The largest absolute Gasteiger partial charge is 0.396 e. The summed E-state index contributed by atoms with van der Waals surface area (Å²) in [4.78, 5) is 66.6. The van der Waals surface area contributed by atoms with Gasteiger partial charge in [-0.05, 0) is 31.6 Å². The predicted molar refractivity (Wildman–Crippen MR) is 179 cm³/mol. The molecule has 0 aliphatic heterocycles. The Morgan fingerprint density at radius 3 is 2.09 bits per heavy atom. The molecule has 268 valence electrons. The molecule has 46 heavy (non-hydrogen) atoms. The molecule has 0 saturated heterocycles. The minimum Gasteiger partial charge on any atom is -0.396 e. The van der Waals surface area contributed by atoms with Crippen LogP contribution < -0.4 is 27.4 Å². The van der Waals surface area contributed by atoms with Gasteiger partial charge >= 0.3 is 0 Å². The topological polar surface area (TPSA) is 206 Å². The number of carbonyl (C=O) groups is 5. The molecule has 0 radical (unpaired) electrons. The van der Waals surface area contributed by atoms with Gasteiger partial charge in [-0.15, -0.1) is 0 Å². The number of hydrogen-bond acceptors (Lipinski definition) is 8. The van der Waals surface area contributed by atoms with Crippen LogP contribution in [0.1, 0.15) is 100 Å². The predicted octanol–water partition coefficient (Wildman–Crippen LogP) is 1.45. The molecule has 5 amide bonds. The summed E-state index contributed by atoms with van der Waals surface area (Å²) < 4.78 is 6.16. The van der Waals surface area contributed by atoms with Crippen molar-refractivity contribution in [3.8, 4) is 0 Å². The van der Waals surface area contributed by atoms with E-state index in [1.54, 1.807) is 27.8 Å². The number of likely N-dealkylation sites (N-methyl/N-ethyl adjacent to an activating group) is 1. The van der Waals surface area contributed by atoms with Crippen molar-refractivity contribution in [2.24, 2.45) is 35.1 Å². The zero-order chi connectivity index (χ0) is 35.6. The second-order valence-electron chi connectivity index (χ2n) is 13.2. The summed E-state index contributed by atoms with van der Waals surface area (Å²) in [5.74, 6) is -3.79. The third-order valence-corrected chi connectivity index (χ3v) is 8.79. The van der Waals surface area contributed by atoms with Crippen LogP contribution in [0.2, 0.25) is 0 Å². The average molecular weight is 657 g/mol. The summed E-state index contributed by atoms with van der Waals surface area (Å²) in [5.41, 5.74) is 9.66. The van der Waals surface area contributed by atoms with E-state index in [4.69, 9.17) is 16.2 Å². The Hall–Kier alpha value is -2.77. The molecule has 7 atom stereocenters. The molecular weight excluding hydrogens is 592 g/mol. The zero-order valence-corrected chi connectivity index (χ0v) is 29.8. The van der Waals surface area contributed by atoms with Crippen LogP contribution >= 0.6 is 0 Å². The molecule has 13 nitrogen and oxygen atoms in total. The van der Waals surface area contributed by atoms with E-state index >= 15 is 0 Å². The van der Waals surface area contributed by atoms with Crippen LogP contribution in [0, 0.1) is 23.7 Å². The molecule has 0 fully saturated rings. The summed E-state index contributed by atoms with van der Waals surface area (Å²) in [6, 6.07) is -2.07. The number of aliphatic hydroxyl groups excluding tert-OH is 1. The molecule has 0 aromatic heterocycles. The van der Waals surface area contributed by atoms with Crippen LogP contribution in [0.25, 0.3) is 0 Å². The van der Waals surface area contributed by atoms with E-state index in [9.17, 15) is 29.1 Å². The molecule has 0 aliphatic rings. The third kappa shape index (κ3) is 13.9. The van der Waals surface area contributed by atoms with Crippen molar-refractivity contribution in [1.82, 2.24) is 20.9 Å². The van der Waals surface area contributed by atoms with Gasteiger partial charge < -0.3 is 42.2 Å². The number of primary amides is 1. The first kappa shape index (κ1) is 43.2. The number of carbonyl (C=O) groups excluding carboxylic acids is 5. The number of rotatable bonds is 24. The minimum atomic E-state index is -1.32. The lowest BCUT2D eigenvalue weighted by atomic mass is 9.85. The minimum absolute atomic E-state index is 0.0275. The lowest BCUT2D eigenvalue weighted by Gasteiger charge is -2.42. The van der Waals surface area contributed by atoms with E-state index in [2.05, 4.69) is 22.9 Å². The monoisotopic (exact) mass is 656 g/mol. The van der Waals surface area contributed by atoms with Crippen molar-refractivity contribution in [1.29, 1.82) is 0 Å². The maximum atomic E-state index is 14.1. The first-order valence-electron chi connectivity index (χ1n) is 16.9. The SMILES string of the molecule is CCCCCC[C@@H](OCCNC(=O)[C@@H](C)CO)[C@@H](C)C(=O)N(C)[C@@](C)(CC(C)C)C(=O)N[C@H](C(=O)N[C@@H](CN)C(N)=O)[C@H](C)CC. The maximum Gasteiger partial charge on any atom is 0.246 e. The van der Waals surface area contributed by atoms with Crippen molar-refractivity contribution in [2.45, 2.75) is 124 Å². The van der Waals surface area contributed by atoms with Gasteiger partial charge in [-0.3, -0.25) is 24.0 Å². The highest BCUT2D eigenvalue weighted by molar-refractivity contribution is 5.96. The van der Waals surface area contributed by atoms with Gasteiger partial charge in [-0.25, -0.2) is 0 Å². The molecule has 0 aromatic carbocycles. The number of nitrogens with two attached hydrogens (primary N) is 2. The number of ether oxygens (including phenoxy) is 1. The summed E-state index contributed by atoms with van der Waals surface area (Å²) in [5, 5.41) is 17.4. The first-order chi connectivity index (χ1) is 21.5. The highest BCUT2D eigenvalue weighted by atomic mass is 16.5. The van der Waals surface area contributed by atoms with Gasteiger partial charge in [0.05, 0.1) is 31.2 Å². The molecular formula is C33H64N6O7. The number of aliphatic hydroxyl groups is 1. The fourth-order valence-corrected chi connectivity index (χ4v) is 5.28. The Balaban J connectivity index is 6.09. The van der Waals surface area contributed by atoms with Crippen LogP contribution in [-0.4, -0.2) is 96.6 Å². The lowest BCUT2D eigenvalue weighted by Crippen LogP contribution is -2.64. The molecule has 0 bridgehead atoms. The van der Waals surface area contributed by atoms with Gasteiger partial charge in [0, 0.05) is 20.1 Å². The van der Waals surface area contributed by atoms with Crippen molar-refractivity contribution < 1.29 is 33.8 Å². The van der Waals surface area contributed by atoms with Gasteiger partial charge in [0.2, 0.25) is 29.5 Å². The van der Waals surface area contributed by atoms with Crippen molar-refractivity contribution >= 4 is 29.5 Å². The van der Waals surface area contributed by atoms with Gasteiger partial charge in [0.25, 0.3) is 0 Å². The Kier molecular flexibility index (Phi) is 20.6. The van der Waals surface area contributed by atoms with E-state index in [0.29, 0.717) is 19.3 Å². The van der Waals surface area contributed by atoms with Gasteiger partial charge in [-0.2, -0.15) is 0 Å². The molecule has 0 aromatic rings. The molecule has 0 spiro atoms. The number of nitrogens with one attached hydrogen (secondary N) is 3. The van der Waals surface area contributed by atoms with Gasteiger partial charge in [-0.1, -0.05) is 80.6 Å². The zero-order valence-electron chi connectivity index (χ0n) is 29.8.